The summed E-state index contributed by atoms with van der Waals surface area (Å²) in [5, 5.41) is 13.3. The molecule has 1 saturated heterocycles. The van der Waals surface area contributed by atoms with Gasteiger partial charge in [-0.15, -0.1) is 0 Å². The van der Waals surface area contributed by atoms with Crippen molar-refractivity contribution in [3.8, 4) is 0 Å². The molecule has 6 heteroatoms. The van der Waals surface area contributed by atoms with Crippen LogP contribution in [0.5, 0.6) is 0 Å². The standard InChI is InChI=1S/C12H17N3O3/c1-3-15-10(7-8(2)13-15)11(16)14-6-4-5-9(14)12(17)18/h7,9H,3-6H2,1-2H3,(H,17,18). The molecule has 1 aliphatic rings. The predicted molar refractivity (Wildman–Crippen MR) is 64.3 cm³/mol. The van der Waals surface area contributed by atoms with Gasteiger partial charge in [0.05, 0.1) is 5.69 Å². The normalized spacial score (nSPS) is 19.2. The number of likely N-dealkylation sites (tertiary alicyclic amines) is 1. The van der Waals surface area contributed by atoms with Gasteiger partial charge in [-0.2, -0.15) is 5.10 Å². The van der Waals surface area contributed by atoms with Crippen LogP contribution in [0.3, 0.4) is 0 Å². The molecule has 0 radical (unpaired) electrons. The van der Waals surface area contributed by atoms with Crippen LogP contribution in [-0.4, -0.2) is 44.3 Å². The van der Waals surface area contributed by atoms with Crippen molar-refractivity contribution in [3.63, 3.8) is 0 Å². The lowest BCUT2D eigenvalue weighted by atomic mass is 10.2. The third-order valence-electron chi connectivity index (χ3n) is 3.22. The van der Waals surface area contributed by atoms with Gasteiger partial charge in [-0.25, -0.2) is 4.79 Å². The highest BCUT2D eigenvalue weighted by molar-refractivity contribution is 5.95. The Balaban J connectivity index is 2.27. The molecule has 1 aromatic heterocycles. The first-order chi connectivity index (χ1) is 8.54. The van der Waals surface area contributed by atoms with E-state index in [0.29, 0.717) is 25.2 Å². The third kappa shape index (κ3) is 2.10. The van der Waals surface area contributed by atoms with Crippen LogP contribution in [0.15, 0.2) is 6.07 Å². The smallest absolute Gasteiger partial charge is 0.326 e. The summed E-state index contributed by atoms with van der Waals surface area (Å²) in [5.74, 6) is -1.16. The van der Waals surface area contributed by atoms with Crippen molar-refractivity contribution in [1.82, 2.24) is 14.7 Å². The zero-order valence-corrected chi connectivity index (χ0v) is 10.6. The molecule has 0 spiro atoms. The summed E-state index contributed by atoms with van der Waals surface area (Å²) in [4.78, 5) is 24.9. The number of aliphatic carboxylic acids is 1. The van der Waals surface area contributed by atoms with Crippen molar-refractivity contribution in [2.24, 2.45) is 0 Å². The molecule has 1 fully saturated rings. The van der Waals surface area contributed by atoms with E-state index in [2.05, 4.69) is 5.10 Å². The summed E-state index contributed by atoms with van der Waals surface area (Å²) in [7, 11) is 0. The fraction of sp³-hybridized carbons (Fsp3) is 0.583. The van der Waals surface area contributed by atoms with E-state index in [1.807, 2.05) is 13.8 Å². The van der Waals surface area contributed by atoms with Crippen LogP contribution in [0.4, 0.5) is 0 Å². The number of amides is 1. The van der Waals surface area contributed by atoms with Gasteiger partial charge in [-0.3, -0.25) is 9.48 Å². The maximum atomic E-state index is 12.4. The van der Waals surface area contributed by atoms with Crippen molar-refractivity contribution in [1.29, 1.82) is 0 Å². The number of rotatable bonds is 3. The van der Waals surface area contributed by atoms with Gasteiger partial charge >= 0.3 is 5.97 Å². The Morgan fingerprint density at radius 1 is 1.56 bits per heavy atom. The number of hydrogen-bond acceptors (Lipinski definition) is 3. The van der Waals surface area contributed by atoms with E-state index in [1.54, 1.807) is 10.7 Å². The van der Waals surface area contributed by atoms with Crippen molar-refractivity contribution in [3.05, 3.63) is 17.5 Å². The Kier molecular flexibility index (Phi) is 3.36. The Morgan fingerprint density at radius 3 is 2.89 bits per heavy atom. The first-order valence-electron chi connectivity index (χ1n) is 6.12. The van der Waals surface area contributed by atoms with Crippen molar-refractivity contribution >= 4 is 11.9 Å². The Morgan fingerprint density at radius 2 is 2.28 bits per heavy atom. The Bertz CT molecular complexity index is 481. The topological polar surface area (TPSA) is 75.4 Å². The molecule has 1 aliphatic heterocycles. The largest absolute Gasteiger partial charge is 0.480 e. The van der Waals surface area contributed by atoms with E-state index in [4.69, 9.17) is 5.11 Å². The second-order valence-electron chi connectivity index (χ2n) is 4.48. The van der Waals surface area contributed by atoms with Crippen LogP contribution in [0, 0.1) is 6.92 Å². The summed E-state index contributed by atoms with van der Waals surface area (Å²) < 4.78 is 1.62. The lowest BCUT2D eigenvalue weighted by Gasteiger charge is -2.21. The maximum Gasteiger partial charge on any atom is 0.326 e. The van der Waals surface area contributed by atoms with E-state index in [1.165, 1.54) is 4.90 Å². The van der Waals surface area contributed by atoms with Gasteiger partial charge in [0, 0.05) is 13.1 Å². The molecular weight excluding hydrogens is 234 g/mol. The molecule has 2 rings (SSSR count). The lowest BCUT2D eigenvalue weighted by molar-refractivity contribution is -0.141. The van der Waals surface area contributed by atoms with Crippen LogP contribution in [0.2, 0.25) is 0 Å². The minimum atomic E-state index is -0.930. The summed E-state index contributed by atoms with van der Waals surface area (Å²) in [6.07, 6.45) is 1.27. The molecule has 6 nitrogen and oxygen atoms in total. The minimum absolute atomic E-state index is 0.234. The Labute approximate surface area is 105 Å². The third-order valence-corrected chi connectivity index (χ3v) is 3.22. The number of aryl methyl sites for hydroxylation is 2. The van der Waals surface area contributed by atoms with E-state index >= 15 is 0 Å². The summed E-state index contributed by atoms with van der Waals surface area (Å²) >= 11 is 0. The van der Waals surface area contributed by atoms with Crippen LogP contribution in [0.1, 0.15) is 35.9 Å². The fourth-order valence-corrected chi connectivity index (χ4v) is 2.37. The molecular formula is C12H17N3O3. The number of carboxylic acid groups (broad SMARTS) is 1. The minimum Gasteiger partial charge on any atom is -0.480 e. The molecule has 1 unspecified atom stereocenters. The molecule has 18 heavy (non-hydrogen) atoms. The monoisotopic (exact) mass is 251 g/mol. The summed E-state index contributed by atoms with van der Waals surface area (Å²) in [6, 6.07) is 1.02. The van der Waals surface area contributed by atoms with Crippen LogP contribution >= 0.6 is 0 Å². The molecule has 0 aliphatic carbocycles. The Hall–Kier alpha value is -1.85. The van der Waals surface area contributed by atoms with E-state index in [0.717, 1.165) is 12.1 Å². The number of aromatic nitrogens is 2. The summed E-state index contributed by atoms with van der Waals surface area (Å²) in [5.41, 5.74) is 1.24. The molecule has 1 aromatic rings. The first kappa shape index (κ1) is 12.6. The van der Waals surface area contributed by atoms with Crippen molar-refractivity contribution < 1.29 is 14.7 Å². The molecule has 2 heterocycles. The average Bonchev–Trinajstić information content (AvgIpc) is 2.93. The van der Waals surface area contributed by atoms with Gasteiger partial charge < -0.3 is 10.0 Å². The molecule has 1 atom stereocenters. The van der Waals surface area contributed by atoms with Gasteiger partial charge in [0.15, 0.2) is 0 Å². The molecule has 0 bridgehead atoms. The highest BCUT2D eigenvalue weighted by Crippen LogP contribution is 2.20. The first-order valence-corrected chi connectivity index (χ1v) is 6.12. The highest BCUT2D eigenvalue weighted by atomic mass is 16.4. The number of hydrogen-bond donors (Lipinski definition) is 1. The maximum absolute atomic E-state index is 12.4. The van der Waals surface area contributed by atoms with E-state index in [9.17, 15) is 9.59 Å². The second kappa shape index (κ2) is 4.80. The van der Waals surface area contributed by atoms with Crippen LogP contribution < -0.4 is 0 Å². The summed E-state index contributed by atoms with van der Waals surface area (Å²) in [6.45, 7) is 4.83. The molecule has 1 N–H and O–H groups in total. The van der Waals surface area contributed by atoms with E-state index < -0.39 is 12.0 Å². The molecule has 98 valence electrons. The average molecular weight is 251 g/mol. The van der Waals surface area contributed by atoms with Gasteiger partial charge in [0.1, 0.15) is 11.7 Å². The van der Waals surface area contributed by atoms with E-state index in [-0.39, 0.29) is 5.91 Å². The lowest BCUT2D eigenvalue weighted by Crippen LogP contribution is -2.41. The number of carbonyl (C=O) groups excluding carboxylic acids is 1. The molecule has 1 amide bonds. The highest BCUT2D eigenvalue weighted by Gasteiger charge is 2.35. The number of carbonyl (C=O) groups is 2. The van der Waals surface area contributed by atoms with Crippen molar-refractivity contribution in [2.75, 3.05) is 6.54 Å². The van der Waals surface area contributed by atoms with Gasteiger partial charge in [0.25, 0.3) is 5.91 Å². The second-order valence-corrected chi connectivity index (χ2v) is 4.48. The predicted octanol–water partition coefficient (Wildman–Crippen LogP) is 0.901. The van der Waals surface area contributed by atoms with Gasteiger partial charge in [-0.05, 0) is 32.8 Å². The SMILES string of the molecule is CCn1nc(C)cc1C(=O)N1CCCC1C(=O)O. The van der Waals surface area contributed by atoms with Crippen LogP contribution in [-0.2, 0) is 11.3 Å². The zero-order chi connectivity index (χ0) is 13.3. The molecule has 0 saturated carbocycles. The fourth-order valence-electron chi connectivity index (χ4n) is 2.37. The zero-order valence-electron chi connectivity index (χ0n) is 10.6. The quantitative estimate of drug-likeness (QED) is 0.866. The number of carboxylic acids is 1. The number of nitrogens with zero attached hydrogens (tertiary/aromatic N) is 3. The van der Waals surface area contributed by atoms with Gasteiger partial charge in [0.2, 0.25) is 0 Å². The van der Waals surface area contributed by atoms with Crippen molar-refractivity contribution in [2.45, 2.75) is 39.3 Å². The van der Waals surface area contributed by atoms with Crippen LogP contribution in [0.25, 0.3) is 0 Å². The van der Waals surface area contributed by atoms with Gasteiger partial charge in [-0.1, -0.05) is 0 Å². The molecule has 0 aromatic carbocycles.